The lowest BCUT2D eigenvalue weighted by atomic mass is 9.89. The van der Waals surface area contributed by atoms with E-state index in [0.717, 1.165) is 18.6 Å². The van der Waals surface area contributed by atoms with Crippen molar-refractivity contribution in [1.29, 1.82) is 0 Å². The zero-order valence-corrected chi connectivity index (χ0v) is 12.8. The van der Waals surface area contributed by atoms with Gasteiger partial charge < -0.3 is 10.0 Å². The van der Waals surface area contributed by atoms with Gasteiger partial charge >= 0.3 is 0 Å². The van der Waals surface area contributed by atoms with Gasteiger partial charge in [0.25, 0.3) is 0 Å². The van der Waals surface area contributed by atoms with Crippen LogP contribution in [0.5, 0.6) is 0 Å². The Kier molecular flexibility index (Phi) is 5.22. The third kappa shape index (κ3) is 4.17. The Hall–Kier alpha value is -1.14. The fraction of sp³-hybridized carbons (Fsp3) is 0.533. The average Bonchev–Trinajstić information content (AvgIpc) is 2.40. The minimum Gasteiger partial charge on any atom is -0.386 e. The second-order valence-electron chi connectivity index (χ2n) is 5.40. The summed E-state index contributed by atoms with van der Waals surface area (Å²) in [6, 6.07) is 3.71. The standard InChI is InChI=1S/C15H19F2NO2S/c1-2-6-15(20)9-18(10-15)14(19)5-7-21-11-3-4-12(16)13(17)8-11/h3-4,8,20H,2,5-7,9-10H2,1H3. The first-order chi connectivity index (χ1) is 9.93. The molecular weight excluding hydrogens is 296 g/mol. The summed E-state index contributed by atoms with van der Waals surface area (Å²) >= 11 is 1.32. The van der Waals surface area contributed by atoms with Crippen molar-refractivity contribution < 1.29 is 18.7 Å². The molecule has 1 aliphatic heterocycles. The lowest BCUT2D eigenvalue weighted by Crippen LogP contribution is -2.63. The van der Waals surface area contributed by atoms with E-state index in [1.54, 1.807) is 4.90 Å². The first-order valence-electron chi connectivity index (χ1n) is 7.01. The second kappa shape index (κ2) is 6.75. The molecule has 3 nitrogen and oxygen atoms in total. The van der Waals surface area contributed by atoms with Crippen LogP contribution in [-0.2, 0) is 4.79 Å². The number of thioether (sulfide) groups is 1. The van der Waals surface area contributed by atoms with Gasteiger partial charge in [-0.05, 0) is 24.6 Å². The smallest absolute Gasteiger partial charge is 0.223 e. The second-order valence-corrected chi connectivity index (χ2v) is 6.57. The van der Waals surface area contributed by atoms with Crippen LogP contribution in [0.3, 0.4) is 0 Å². The van der Waals surface area contributed by atoms with E-state index in [2.05, 4.69) is 0 Å². The van der Waals surface area contributed by atoms with Gasteiger partial charge in [0.2, 0.25) is 5.91 Å². The lowest BCUT2D eigenvalue weighted by Gasteiger charge is -2.46. The molecule has 1 N–H and O–H groups in total. The SMILES string of the molecule is CCCC1(O)CN(C(=O)CCSc2ccc(F)c(F)c2)C1. The van der Waals surface area contributed by atoms with E-state index in [0.29, 0.717) is 36.6 Å². The maximum atomic E-state index is 13.0. The number of nitrogens with zero attached hydrogens (tertiary/aromatic N) is 1. The number of β-amino-alcohol motifs (C(OH)–C–C–N with tert-alkyl or cyclic N) is 1. The molecule has 1 saturated heterocycles. The van der Waals surface area contributed by atoms with Gasteiger partial charge in [-0.3, -0.25) is 4.79 Å². The van der Waals surface area contributed by atoms with Crippen LogP contribution in [0.2, 0.25) is 0 Å². The van der Waals surface area contributed by atoms with Crippen LogP contribution in [0.15, 0.2) is 23.1 Å². The van der Waals surface area contributed by atoms with Crippen molar-refractivity contribution in [2.75, 3.05) is 18.8 Å². The highest BCUT2D eigenvalue weighted by molar-refractivity contribution is 7.99. The van der Waals surface area contributed by atoms with E-state index in [1.807, 2.05) is 6.92 Å². The molecule has 2 rings (SSSR count). The molecule has 0 aliphatic carbocycles. The predicted molar refractivity (Wildman–Crippen MR) is 78.1 cm³/mol. The number of hydrogen-bond acceptors (Lipinski definition) is 3. The number of benzene rings is 1. The molecule has 1 amide bonds. The molecule has 0 spiro atoms. The molecule has 1 aliphatic rings. The van der Waals surface area contributed by atoms with Crippen LogP contribution in [0, 0.1) is 11.6 Å². The molecule has 21 heavy (non-hydrogen) atoms. The molecular formula is C15H19F2NO2S. The largest absolute Gasteiger partial charge is 0.386 e. The Labute approximate surface area is 127 Å². The number of carbonyl (C=O) groups excluding carboxylic acids is 1. The number of amides is 1. The Balaban J connectivity index is 1.72. The zero-order valence-electron chi connectivity index (χ0n) is 11.9. The van der Waals surface area contributed by atoms with E-state index in [4.69, 9.17) is 0 Å². The van der Waals surface area contributed by atoms with Crippen molar-refractivity contribution in [3.05, 3.63) is 29.8 Å². The van der Waals surface area contributed by atoms with Gasteiger partial charge in [-0.2, -0.15) is 0 Å². The van der Waals surface area contributed by atoms with Gasteiger partial charge in [-0.15, -0.1) is 11.8 Å². The molecule has 6 heteroatoms. The van der Waals surface area contributed by atoms with Gasteiger partial charge in [-0.1, -0.05) is 13.3 Å². The third-order valence-corrected chi connectivity index (χ3v) is 4.51. The van der Waals surface area contributed by atoms with E-state index in [1.165, 1.54) is 17.8 Å². The molecule has 0 atom stereocenters. The summed E-state index contributed by atoms with van der Waals surface area (Å²) in [5.41, 5.74) is -0.711. The Morgan fingerprint density at radius 3 is 2.71 bits per heavy atom. The molecule has 1 aromatic rings. The van der Waals surface area contributed by atoms with E-state index < -0.39 is 17.2 Å². The van der Waals surface area contributed by atoms with Crippen LogP contribution in [0.1, 0.15) is 26.2 Å². The summed E-state index contributed by atoms with van der Waals surface area (Å²) in [6.45, 7) is 2.80. The van der Waals surface area contributed by atoms with Gasteiger partial charge in [0.15, 0.2) is 11.6 Å². The molecule has 0 radical (unpaired) electrons. The fourth-order valence-corrected chi connectivity index (χ4v) is 3.31. The Bertz CT molecular complexity index is 518. The van der Waals surface area contributed by atoms with Gasteiger partial charge in [0, 0.05) is 17.1 Å². The topological polar surface area (TPSA) is 40.5 Å². The van der Waals surface area contributed by atoms with E-state index in [-0.39, 0.29) is 5.91 Å². The number of likely N-dealkylation sites (tertiary alicyclic amines) is 1. The fourth-order valence-electron chi connectivity index (χ4n) is 2.45. The first-order valence-corrected chi connectivity index (χ1v) is 8.00. The molecule has 1 fully saturated rings. The van der Waals surface area contributed by atoms with Crippen molar-refractivity contribution >= 4 is 17.7 Å². The maximum Gasteiger partial charge on any atom is 0.223 e. The van der Waals surface area contributed by atoms with Gasteiger partial charge in [0.05, 0.1) is 18.7 Å². The van der Waals surface area contributed by atoms with Gasteiger partial charge in [-0.25, -0.2) is 8.78 Å². The van der Waals surface area contributed by atoms with Gasteiger partial charge in [0.1, 0.15) is 0 Å². The predicted octanol–water partition coefficient (Wildman–Crippen LogP) is 2.82. The van der Waals surface area contributed by atoms with Crippen molar-refractivity contribution in [2.24, 2.45) is 0 Å². The molecule has 0 saturated carbocycles. The van der Waals surface area contributed by atoms with Crippen molar-refractivity contribution in [2.45, 2.75) is 36.7 Å². The number of aliphatic hydroxyl groups is 1. The van der Waals surface area contributed by atoms with Crippen LogP contribution in [0.25, 0.3) is 0 Å². The highest BCUT2D eigenvalue weighted by atomic mass is 32.2. The molecule has 1 aromatic carbocycles. The monoisotopic (exact) mass is 315 g/mol. The summed E-state index contributed by atoms with van der Waals surface area (Å²) < 4.78 is 25.8. The summed E-state index contributed by atoms with van der Waals surface area (Å²) in [5.74, 6) is -1.25. The molecule has 1 heterocycles. The molecule has 0 unspecified atom stereocenters. The molecule has 0 aromatic heterocycles. The zero-order chi connectivity index (χ0) is 15.5. The minimum absolute atomic E-state index is 0.00846. The first kappa shape index (κ1) is 16.2. The van der Waals surface area contributed by atoms with Crippen LogP contribution in [-0.4, -0.2) is 40.4 Å². The Morgan fingerprint density at radius 1 is 1.38 bits per heavy atom. The lowest BCUT2D eigenvalue weighted by molar-refractivity contribution is -0.156. The highest BCUT2D eigenvalue weighted by Gasteiger charge is 2.42. The summed E-state index contributed by atoms with van der Waals surface area (Å²) in [5, 5.41) is 10.0. The highest BCUT2D eigenvalue weighted by Crippen LogP contribution is 2.27. The quantitative estimate of drug-likeness (QED) is 0.821. The van der Waals surface area contributed by atoms with Crippen LogP contribution >= 0.6 is 11.8 Å². The molecule has 0 bridgehead atoms. The summed E-state index contributed by atoms with van der Waals surface area (Å²) in [6.07, 6.45) is 1.93. The summed E-state index contributed by atoms with van der Waals surface area (Å²) in [4.78, 5) is 14.1. The Morgan fingerprint density at radius 2 is 2.10 bits per heavy atom. The number of carbonyl (C=O) groups is 1. The number of halogens is 2. The van der Waals surface area contributed by atoms with E-state index in [9.17, 15) is 18.7 Å². The van der Waals surface area contributed by atoms with Crippen LogP contribution in [0.4, 0.5) is 8.78 Å². The normalized spacial score (nSPS) is 16.7. The van der Waals surface area contributed by atoms with Crippen molar-refractivity contribution in [3.8, 4) is 0 Å². The average molecular weight is 315 g/mol. The molecule has 116 valence electrons. The van der Waals surface area contributed by atoms with Crippen molar-refractivity contribution in [3.63, 3.8) is 0 Å². The summed E-state index contributed by atoms with van der Waals surface area (Å²) in [7, 11) is 0. The van der Waals surface area contributed by atoms with E-state index >= 15 is 0 Å². The number of hydrogen-bond donors (Lipinski definition) is 1. The minimum atomic E-state index is -0.876. The van der Waals surface area contributed by atoms with Crippen molar-refractivity contribution in [1.82, 2.24) is 4.90 Å². The number of rotatable bonds is 6. The van der Waals surface area contributed by atoms with Crippen LogP contribution < -0.4 is 0 Å². The third-order valence-electron chi connectivity index (χ3n) is 3.51. The maximum absolute atomic E-state index is 13.0.